The highest BCUT2D eigenvalue weighted by molar-refractivity contribution is 5.87. The minimum absolute atomic E-state index is 0.0126. The molecule has 2 aromatic rings. The lowest BCUT2D eigenvalue weighted by atomic mass is 10.0. The maximum absolute atomic E-state index is 14.7. The number of fused-ring (bicyclic) bond motifs is 1. The van der Waals surface area contributed by atoms with Gasteiger partial charge >= 0.3 is 24.1 Å². The predicted octanol–water partition coefficient (Wildman–Crippen LogP) is 3.66. The van der Waals surface area contributed by atoms with Crippen LogP contribution in [-0.2, 0) is 36.8 Å². The Labute approximate surface area is 223 Å². The molecule has 0 radical (unpaired) electrons. The number of halogens is 1. The molecule has 0 bridgehead atoms. The van der Waals surface area contributed by atoms with E-state index in [0.29, 0.717) is 11.1 Å². The summed E-state index contributed by atoms with van der Waals surface area (Å²) in [6.45, 7) is 6.74. The largest absolute Gasteiger partial charge is 0.467 e. The van der Waals surface area contributed by atoms with E-state index < -0.39 is 47.7 Å². The van der Waals surface area contributed by atoms with Gasteiger partial charge in [-0.25, -0.2) is 28.6 Å². The first-order valence-corrected chi connectivity index (χ1v) is 12.4. The molecule has 2 atom stereocenters. The van der Waals surface area contributed by atoms with E-state index in [-0.39, 0.29) is 49.8 Å². The van der Waals surface area contributed by atoms with E-state index in [1.54, 1.807) is 27.7 Å². The number of amides is 2. The van der Waals surface area contributed by atoms with Crippen LogP contribution in [0.3, 0.4) is 0 Å². The van der Waals surface area contributed by atoms with Gasteiger partial charge in [-0.15, -0.1) is 0 Å². The molecule has 0 unspecified atom stereocenters. The van der Waals surface area contributed by atoms with Crippen LogP contribution in [0.25, 0.3) is 11.5 Å². The molecular weight excluding hydrogens is 517 g/mol. The van der Waals surface area contributed by atoms with Crippen molar-refractivity contribution in [3.63, 3.8) is 0 Å². The van der Waals surface area contributed by atoms with Crippen LogP contribution in [0.15, 0.2) is 22.8 Å². The van der Waals surface area contributed by atoms with Gasteiger partial charge in [0.2, 0.25) is 5.89 Å². The van der Waals surface area contributed by atoms with Crippen molar-refractivity contribution in [2.75, 3.05) is 20.3 Å². The zero-order valence-electron chi connectivity index (χ0n) is 22.3. The van der Waals surface area contributed by atoms with Crippen molar-refractivity contribution in [3.05, 3.63) is 41.0 Å². The molecule has 1 aromatic carbocycles. The molecule has 0 saturated carbocycles. The second kappa shape index (κ2) is 10.9. The average molecular weight is 548 g/mol. The predicted molar refractivity (Wildman–Crippen MR) is 131 cm³/mol. The molecule has 13 heteroatoms. The summed E-state index contributed by atoms with van der Waals surface area (Å²) in [6.07, 6.45) is -1.13. The molecule has 1 fully saturated rings. The molecule has 1 aromatic heterocycles. The molecule has 2 amide bonds. The van der Waals surface area contributed by atoms with E-state index in [0.717, 1.165) is 6.26 Å². The minimum atomic E-state index is -0.985. The smallest absolute Gasteiger partial charge is 0.411 e. The quantitative estimate of drug-likeness (QED) is 0.403. The zero-order valence-corrected chi connectivity index (χ0v) is 22.3. The molecule has 2 aliphatic rings. The minimum Gasteiger partial charge on any atom is -0.467 e. The van der Waals surface area contributed by atoms with Crippen LogP contribution < -0.4 is 0 Å². The van der Waals surface area contributed by atoms with Gasteiger partial charge in [0.05, 0.1) is 33.4 Å². The summed E-state index contributed by atoms with van der Waals surface area (Å²) >= 11 is 0. The zero-order chi connectivity index (χ0) is 28.5. The highest BCUT2D eigenvalue weighted by Gasteiger charge is 2.44. The lowest BCUT2D eigenvalue weighted by molar-refractivity contribution is -0.145. The molecule has 0 N–H and O–H groups in total. The third-order valence-corrected chi connectivity index (χ3v) is 6.18. The van der Waals surface area contributed by atoms with Gasteiger partial charge in [0, 0.05) is 17.5 Å². The first-order valence-electron chi connectivity index (χ1n) is 12.4. The summed E-state index contributed by atoms with van der Waals surface area (Å²) < 4.78 is 40.9. The molecule has 4 rings (SSSR count). The number of esters is 2. The monoisotopic (exact) mass is 547 g/mol. The van der Waals surface area contributed by atoms with Crippen LogP contribution in [-0.4, -0.2) is 76.9 Å². The Bertz CT molecular complexity index is 1290. The number of hydrogen-bond acceptors (Lipinski definition) is 10. The third-order valence-electron chi connectivity index (χ3n) is 6.18. The normalized spacial score (nSPS) is 18.5. The number of nitrogens with zero attached hydrogens (tertiary/aromatic N) is 3. The Morgan fingerprint density at radius 1 is 1.13 bits per heavy atom. The summed E-state index contributed by atoms with van der Waals surface area (Å²) in [5.74, 6) is -1.76. The van der Waals surface area contributed by atoms with E-state index >= 15 is 0 Å². The SMILES string of the molecule is CCOC(=O)c1coc(-c2ccc(F)c3c2CN(C(=O)O[C@H]2C[C@H](C(=O)OC)N(C(=O)OC(C)(C)C)C2)C3)n1. The molecule has 0 spiro atoms. The van der Waals surface area contributed by atoms with E-state index in [4.69, 9.17) is 23.4 Å². The van der Waals surface area contributed by atoms with Gasteiger partial charge < -0.3 is 23.4 Å². The first kappa shape index (κ1) is 27.9. The first-order chi connectivity index (χ1) is 18.4. The topological polar surface area (TPSA) is 138 Å². The number of carbonyl (C=O) groups is 4. The van der Waals surface area contributed by atoms with Gasteiger partial charge in [-0.1, -0.05) is 0 Å². The van der Waals surface area contributed by atoms with Crippen molar-refractivity contribution in [2.24, 2.45) is 0 Å². The lowest BCUT2D eigenvalue weighted by Crippen LogP contribution is -2.44. The van der Waals surface area contributed by atoms with Gasteiger partial charge in [-0.3, -0.25) is 9.80 Å². The second-order valence-electron chi connectivity index (χ2n) is 10.1. The van der Waals surface area contributed by atoms with E-state index in [1.807, 2.05) is 0 Å². The number of oxazole rings is 1. The van der Waals surface area contributed by atoms with Crippen LogP contribution in [0, 0.1) is 5.82 Å². The summed E-state index contributed by atoms with van der Waals surface area (Å²) in [4.78, 5) is 56.6. The number of rotatable bonds is 5. The number of carbonyl (C=O) groups excluding carboxylic acids is 4. The fourth-order valence-corrected chi connectivity index (χ4v) is 4.46. The number of methoxy groups -OCH3 is 1. The molecule has 12 nitrogen and oxygen atoms in total. The number of hydrogen-bond donors (Lipinski definition) is 0. The summed E-state index contributed by atoms with van der Waals surface area (Å²) in [7, 11) is 1.20. The molecule has 2 aliphatic heterocycles. The molecule has 39 heavy (non-hydrogen) atoms. The molecule has 210 valence electrons. The Hall–Kier alpha value is -4.16. The Morgan fingerprint density at radius 2 is 1.85 bits per heavy atom. The standard InChI is InChI=1S/C26H30FN3O9/c1-6-36-22(31)19-13-37-21(28-19)15-7-8-18(27)17-12-29(11-16(15)17)24(33)38-14-9-20(23(32)35-5)30(10-14)25(34)39-26(2,3)4/h7-8,13-14,20H,6,9-12H2,1-5H3/t14-,20+/m0/s1. The van der Waals surface area contributed by atoms with Crippen LogP contribution >= 0.6 is 0 Å². The highest BCUT2D eigenvalue weighted by atomic mass is 19.1. The van der Waals surface area contributed by atoms with Crippen LogP contribution in [0.4, 0.5) is 14.0 Å². The van der Waals surface area contributed by atoms with Crippen molar-refractivity contribution >= 4 is 24.1 Å². The third kappa shape index (κ3) is 5.96. The van der Waals surface area contributed by atoms with Gasteiger partial charge in [0.15, 0.2) is 5.69 Å². The van der Waals surface area contributed by atoms with Crippen LogP contribution in [0.2, 0.25) is 0 Å². The van der Waals surface area contributed by atoms with E-state index in [2.05, 4.69) is 4.98 Å². The summed E-state index contributed by atoms with van der Waals surface area (Å²) in [5.41, 5.74) is 0.304. The van der Waals surface area contributed by atoms with Crippen molar-refractivity contribution in [2.45, 2.75) is 65.0 Å². The van der Waals surface area contributed by atoms with E-state index in [1.165, 1.54) is 29.0 Å². The molecule has 1 saturated heterocycles. The maximum Gasteiger partial charge on any atom is 0.411 e. The summed E-state index contributed by atoms with van der Waals surface area (Å²) in [5, 5.41) is 0. The number of ether oxygens (including phenoxy) is 4. The molecule has 3 heterocycles. The average Bonchev–Trinajstić information content (AvgIpc) is 3.61. The number of aromatic nitrogens is 1. The van der Waals surface area contributed by atoms with Crippen LogP contribution in [0.5, 0.6) is 0 Å². The highest BCUT2D eigenvalue weighted by Crippen LogP contribution is 2.35. The van der Waals surface area contributed by atoms with Gasteiger partial charge in [-0.2, -0.15) is 0 Å². The number of likely N-dealkylation sites (tertiary alicyclic amines) is 1. The number of benzene rings is 1. The van der Waals surface area contributed by atoms with E-state index in [9.17, 15) is 23.6 Å². The van der Waals surface area contributed by atoms with Gasteiger partial charge in [0.25, 0.3) is 0 Å². The molecule has 0 aliphatic carbocycles. The summed E-state index contributed by atoms with van der Waals surface area (Å²) in [6, 6.07) is 1.70. The van der Waals surface area contributed by atoms with Crippen molar-refractivity contribution < 1.29 is 46.9 Å². The maximum atomic E-state index is 14.7. The second-order valence-corrected chi connectivity index (χ2v) is 10.1. The Morgan fingerprint density at radius 3 is 2.51 bits per heavy atom. The van der Waals surface area contributed by atoms with Crippen LogP contribution in [0.1, 0.15) is 55.7 Å². The fraction of sp³-hybridized carbons (Fsp3) is 0.500. The van der Waals surface area contributed by atoms with Crippen molar-refractivity contribution in [3.8, 4) is 11.5 Å². The Balaban J connectivity index is 1.48. The fourth-order valence-electron chi connectivity index (χ4n) is 4.46. The van der Waals surface area contributed by atoms with Crippen molar-refractivity contribution in [1.29, 1.82) is 0 Å². The van der Waals surface area contributed by atoms with Gasteiger partial charge in [-0.05, 0) is 45.4 Å². The van der Waals surface area contributed by atoms with Crippen molar-refractivity contribution in [1.82, 2.24) is 14.8 Å². The Kier molecular flexibility index (Phi) is 7.79. The van der Waals surface area contributed by atoms with Gasteiger partial charge in [0.1, 0.15) is 29.8 Å². The lowest BCUT2D eigenvalue weighted by Gasteiger charge is -2.27. The molecular formula is C26H30FN3O9.